The summed E-state index contributed by atoms with van der Waals surface area (Å²) in [5, 5.41) is 8.82. The van der Waals surface area contributed by atoms with Crippen molar-refractivity contribution in [3.05, 3.63) is 54.1 Å². The van der Waals surface area contributed by atoms with Crippen LogP contribution in [0.4, 0.5) is 11.4 Å². The zero-order valence-corrected chi connectivity index (χ0v) is 17.5. The number of nitrogens with one attached hydrogen (secondary N) is 3. The summed E-state index contributed by atoms with van der Waals surface area (Å²) in [5.41, 5.74) is 2.07. The van der Waals surface area contributed by atoms with Crippen molar-refractivity contribution in [1.29, 1.82) is 0 Å². The zero-order valence-electron chi connectivity index (χ0n) is 17.5. The summed E-state index contributed by atoms with van der Waals surface area (Å²) in [7, 11) is 0. The minimum atomic E-state index is -0.162. The first kappa shape index (κ1) is 22.3. The fourth-order valence-electron chi connectivity index (χ4n) is 2.51. The van der Waals surface area contributed by atoms with Gasteiger partial charge < -0.3 is 20.7 Å². The Kier molecular flexibility index (Phi) is 9.02. The van der Waals surface area contributed by atoms with E-state index in [1.165, 1.54) is 0 Å². The van der Waals surface area contributed by atoms with Crippen LogP contribution in [-0.2, 0) is 4.79 Å². The van der Waals surface area contributed by atoms with Gasteiger partial charge >= 0.3 is 0 Å². The van der Waals surface area contributed by atoms with Crippen LogP contribution in [0.15, 0.2) is 48.5 Å². The molecule has 2 rings (SSSR count). The molecule has 0 heterocycles. The van der Waals surface area contributed by atoms with E-state index in [1.54, 1.807) is 24.3 Å². The summed E-state index contributed by atoms with van der Waals surface area (Å²) in [5.74, 6) is 0.553. The molecule has 0 bridgehead atoms. The number of ether oxygens (including phenoxy) is 1. The van der Waals surface area contributed by atoms with E-state index in [4.69, 9.17) is 4.74 Å². The van der Waals surface area contributed by atoms with Crippen molar-refractivity contribution in [2.75, 3.05) is 23.8 Å². The standard InChI is InChI=1S/C23H31N3O3/c1-4-6-15-29-21-13-11-19(12-14-21)24-16-22(27)26-20-9-7-18(8-10-20)23(28)25-17(3)5-2/h7-14,17,24H,4-6,15-16H2,1-3H3,(H,25,28)(H,26,27). The maximum absolute atomic E-state index is 12.2. The third kappa shape index (κ3) is 7.86. The molecule has 2 aromatic rings. The molecule has 0 radical (unpaired) electrons. The summed E-state index contributed by atoms with van der Waals surface area (Å²) in [6, 6.07) is 14.6. The Morgan fingerprint density at radius 2 is 1.62 bits per heavy atom. The Labute approximate surface area is 173 Å². The number of amides is 2. The van der Waals surface area contributed by atoms with Crippen LogP contribution < -0.4 is 20.7 Å². The van der Waals surface area contributed by atoms with Crippen molar-refractivity contribution in [1.82, 2.24) is 5.32 Å². The molecule has 29 heavy (non-hydrogen) atoms. The monoisotopic (exact) mass is 397 g/mol. The van der Waals surface area contributed by atoms with Crippen molar-refractivity contribution in [2.45, 2.75) is 46.1 Å². The number of unbranched alkanes of at least 4 members (excludes halogenated alkanes) is 1. The van der Waals surface area contributed by atoms with E-state index in [9.17, 15) is 9.59 Å². The average molecular weight is 398 g/mol. The molecule has 0 aromatic heterocycles. The number of carbonyl (C=O) groups excluding carboxylic acids is 2. The van der Waals surface area contributed by atoms with E-state index in [2.05, 4.69) is 22.9 Å². The minimum Gasteiger partial charge on any atom is -0.494 e. The maximum atomic E-state index is 12.2. The van der Waals surface area contributed by atoms with Crippen molar-refractivity contribution in [3.8, 4) is 5.75 Å². The van der Waals surface area contributed by atoms with Crippen molar-refractivity contribution >= 4 is 23.2 Å². The smallest absolute Gasteiger partial charge is 0.251 e. The van der Waals surface area contributed by atoms with Crippen molar-refractivity contribution in [2.24, 2.45) is 0 Å². The van der Waals surface area contributed by atoms with Gasteiger partial charge in [0.15, 0.2) is 0 Å². The number of anilines is 2. The summed E-state index contributed by atoms with van der Waals surface area (Å²) >= 11 is 0. The lowest BCUT2D eigenvalue weighted by atomic mass is 10.1. The van der Waals surface area contributed by atoms with E-state index in [1.807, 2.05) is 38.1 Å². The van der Waals surface area contributed by atoms with Crippen LogP contribution in [0, 0.1) is 0 Å². The molecule has 2 amide bonds. The van der Waals surface area contributed by atoms with E-state index in [0.717, 1.165) is 30.7 Å². The van der Waals surface area contributed by atoms with E-state index in [0.29, 0.717) is 17.9 Å². The van der Waals surface area contributed by atoms with Gasteiger partial charge in [-0.3, -0.25) is 9.59 Å². The van der Waals surface area contributed by atoms with Gasteiger partial charge in [-0.15, -0.1) is 0 Å². The molecular formula is C23H31N3O3. The molecule has 1 atom stereocenters. The Bertz CT molecular complexity index is 773. The molecule has 0 aliphatic carbocycles. The Morgan fingerprint density at radius 1 is 0.966 bits per heavy atom. The van der Waals surface area contributed by atoms with Crippen molar-refractivity contribution in [3.63, 3.8) is 0 Å². The summed E-state index contributed by atoms with van der Waals surface area (Å²) < 4.78 is 5.62. The van der Waals surface area contributed by atoms with Gasteiger partial charge in [-0.25, -0.2) is 0 Å². The Hall–Kier alpha value is -3.02. The lowest BCUT2D eigenvalue weighted by Gasteiger charge is -2.12. The van der Waals surface area contributed by atoms with Gasteiger partial charge in [0.05, 0.1) is 13.2 Å². The van der Waals surface area contributed by atoms with Crippen LogP contribution >= 0.6 is 0 Å². The Balaban J connectivity index is 1.78. The highest BCUT2D eigenvalue weighted by molar-refractivity contribution is 5.96. The molecule has 0 spiro atoms. The van der Waals surface area contributed by atoms with Crippen LogP contribution in [0.1, 0.15) is 50.4 Å². The van der Waals surface area contributed by atoms with Crippen LogP contribution in [0.2, 0.25) is 0 Å². The third-order valence-electron chi connectivity index (χ3n) is 4.49. The molecule has 6 heteroatoms. The molecule has 6 nitrogen and oxygen atoms in total. The predicted octanol–water partition coefficient (Wildman–Crippen LogP) is 4.44. The summed E-state index contributed by atoms with van der Waals surface area (Å²) in [6.07, 6.45) is 3.01. The van der Waals surface area contributed by atoms with Crippen LogP contribution in [0.25, 0.3) is 0 Å². The molecule has 0 saturated heterocycles. The second-order valence-electron chi connectivity index (χ2n) is 6.99. The lowest BCUT2D eigenvalue weighted by molar-refractivity contribution is -0.114. The highest BCUT2D eigenvalue weighted by atomic mass is 16.5. The normalized spacial score (nSPS) is 11.4. The van der Waals surface area contributed by atoms with Gasteiger partial charge in [0.2, 0.25) is 5.91 Å². The van der Waals surface area contributed by atoms with Gasteiger partial charge in [0.25, 0.3) is 5.91 Å². The van der Waals surface area contributed by atoms with Crippen LogP contribution in [0.3, 0.4) is 0 Å². The fourth-order valence-corrected chi connectivity index (χ4v) is 2.51. The maximum Gasteiger partial charge on any atom is 0.251 e. The summed E-state index contributed by atoms with van der Waals surface area (Å²) in [6.45, 7) is 6.97. The molecule has 156 valence electrons. The van der Waals surface area contributed by atoms with Gasteiger partial charge in [-0.2, -0.15) is 0 Å². The van der Waals surface area contributed by atoms with Crippen LogP contribution in [-0.4, -0.2) is 31.0 Å². The van der Waals surface area contributed by atoms with E-state index in [-0.39, 0.29) is 24.4 Å². The van der Waals surface area contributed by atoms with Gasteiger partial charge in [0, 0.05) is 23.0 Å². The Morgan fingerprint density at radius 3 is 2.24 bits per heavy atom. The zero-order chi connectivity index (χ0) is 21.1. The summed E-state index contributed by atoms with van der Waals surface area (Å²) in [4.78, 5) is 24.2. The number of carbonyl (C=O) groups is 2. The van der Waals surface area contributed by atoms with Crippen molar-refractivity contribution < 1.29 is 14.3 Å². The highest BCUT2D eigenvalue weighted by Gasteiger charge is 2.09. The SMILES string of the molecule is CCCCOc1ccc(NCC(=O)Nc2ccc(C(=O)NC(C)CC)cc2)cc1. The van der Waals surface area contributed by atoms with Gasteiger partial charge in [0.1, 0.15) is 5.75 Å². The molecule has 0 aliphatic rings. The second-order valence-corrected chi connectivity index (χ2v) is 6.99. The van der Waals surface area contributed by atoms with Crippen LogP contribution in [0.5, 0.6) is 5.75 Å². The largest absolute Gasteiger partial charge is 0.494 e. The number of hydrogen-bond acceptors (Lipinski definition) is 4. The molecule has 3 N–H and O–H groups in total. The average Bonchev–Trinajstić information content (AvgIpc) is 2.73. The third-order valence-corrected chi connectivity index (χ3v) is 4.49. The molecule has 0 fully saturated rings. The molecule has 0 aliphatic heterocycles. The first-order valence-corrected chi connectivity index (χ1v) is 10.2. The van der Waals surface area contributed by atoms with Gasteiger partial charge in [-0.05, 0) is 68.3 Å². The lowest BCUT2D eigenvalue weighted by Crippen LogP contribution is -2.31. The first-order valence-electron chi connectivity index (χ1n) is 10.2. The second kappa shape index (κ2) is 11.7. The molecule has 0 saturated carbocycles. The number of hydrogen-bond donors (Lipinski definition) is 3. The number of benzene rings is 2. The molecular weight excluding hydrogens is 366 g/mol. The molecule has 1 unspecified atom stereocenters. The first-order chi connectivity index (χ1) is 14.0. The van der Waals surface area contributed by atoms with E-state index >= 15 is 0 Å². The fraction of sp³-hybridized carbons (Fsp3) is 0.391. The van der Waals surface area contributed by atoms with Gasteiger partial charge in [-0.1, -0.05) is 20.3 Å². The van der Waals surface area contributed by atoms with E-state index < -0.39 is 0 Å². The molecule has 2 aromatic carbocycles. The minimum absolute atomic E-state index is 0.110. The topological polar surface area (TPSA) is 79.5 Å². The number of rotatable bonds is 11. The highest BCUT2D eigenvalue weighted by Crippen LogP contribution is 2.16. The quantitative estimate of drug-likeness (QED) is 0.490. The predicted molar refractivity (Wildman–Crippen MR) is 118 cm³/mol.